The molecule has 2 nitrogen and oxygen atoms in total. The van der Waals surface area contributed by atoms with Gasteiger partial charge in [0.2, 0.25) is 0 Å². The summed E-state index contributed by atoms with van der Waals surface area (Å²) in [6.07, 6.45) is 5.65. The first-order valence-corrected chi connectivity index (χ1v) is 4.13. The molecule has 1 N–H and O–H groups in total. The summed E-state index contributed by atoms with van der Waals surface area (Å²) in [7, 11) is 0. The Labute approximate surface area is 61.2 Å². The lowest BCUT2D eigenvalue weighted by Gasteiger charge is -2.20. The predicted molar refractivity (Wildman–Crippen MR) is 37.8 cm³/mol. The molecule has 0 radical (unpaired) electrons. The fraction of sp³-hybridized carbons (Fsp3) is 1.00. The average Bonchev–Trinajstić information content (AvgIpc) is 2.56. The maximum atomic E-state index is 9.82. The molecule has 1 unspecified atom stereocenters. The highest BCUT2D eigenvalue weighted by molar-refractivity contribution is 4.89. The zero-order valence-electron chi connectivity index (χ0n) is 6.18. The average molecular weight is 142 g/mol. The minimum absolute atomic E-state index is 0.346. The van der Waals surface area contributed by atoms with E-state index in [2.05, 4.69) is 0 Å². The first-order chi connectivity index (χ1) is 4.79. The number of aliphatic hydroxyl groups is 1. The molecule has 10 heavy (non-hydrogen) atoms. The van der Waals surface area contributed by atoms with Crippen molar-refractivity contribution in [2.24, 2.45) is 0 Å². The standard InChI is InChI=1S/C8H14O2/c9-8(3-1-2-4-8)5-7-6-10-7/h7,9H,1-6H2. The highest BCUT2D eigenvalue weighted by Gasteiger charge is 2.38. The van der Waals surface area contributed by atoms with Crippen molar-refractivity contribution in [3.8, 4) is 0 Å². The van der Waals surface area contributed by atoms with E-state index >= 15 is 0 Å². The molecule has 2 fully saturated rings. The van der Waals surface area contributed by atoms with Crippen molar-refractivity contribution in [3.63, 3.8) is 0 Å². The van der Waals surface area contributed by atoms with E-state index in [1.165, 1.54) is 12.8 Å². The van der Waals surface area contributed by atoms with Crippen LogP contribution in [0.4, 0.5) is 0 Å². The molecule has 1 atom stereocenters. The fourth-order valence-electron chi connectivity index (χ4n) is 1.85. The van der Waals surface area contributed by atoms with Gasteiger partial charge in [-0.25, -0.2) is 0 Å². The molecule has 1 aliphatic heterocycles. The summed E-state index contributed by atoms with van der Waals surface area (Å²) >= 11 is 0. The molecule has 1 heterocycles. The normalized spacial score (nSPS) is 36.3. The topological polar surface area (TPSA) is 32.8 Å². The van der Waals surface area contributed by atoms with Crippen LogP contribution < -0.4 is 0 Å². The van der Waals surface area contributed by atoms with Gasteiger partial charge in [0.15, 0.2) is 0 Å². The highest BCUT2D eigenvalue weighted by Crippen LogP contribution is 2.36. The van der Waals surface area contributed by atoms with Gasteiger partial charge in [0.05, 0.1) is 18.3 Å². The van der Waals surface area contributed by atoms with Crippen molar-refractivity contribution in [3.05, 3.63) is 0 Å². The third kappa shape index (κ3) is 1.32. The van der Waals surface area contributed by atoms with Crippen LogP contribution in [0.2, 0.25) is 0 Å². The van der Waals surface area contributed by atoms with Crippen molar-refractivity contribution in [1.29, 1.82) is 0 Å². The molecule has 58 valence electrons. The first-order valence-electron chi connectivity index (χ1n) is 4.13. The Kier molecular flexibility index (Phi) is 1.46. The second-order valence-corrected chi connectivity index (χ2v) is 3.59. The largest absolute Gasteiger partial charge is 0.390 e. The van der Waals surface area contributed by atoms with Crippen molar-refractivity contribution in [1.82, 2.24) is 0 Å². The van der Waals surface area contributed by atoms with Crippen molar-refractivity contribution in [2.45, 2.75) is 43.8 Å². The Balaban J connectivity index is 1.86. The summed E-state index contributed by atoms with van der Waals surface area (Å²) in [5, 5.41) is 9.82. The van der Waals surface area contributed by atoms with Gasteiger partial charge in [-0.05, 0) is 12.8 Å². The van der Waals surface area contributed by atoms with Crippen LogP contribution in [0.3, 0.4) is 0 Å². The fourth-order valence-corrected chi connectivity index (χ4v) is 1.85. The second kappa shape index (κ2) is 2.21. The van der Waals surface area contributed by atoms with Gasteiger partial charge in [-0.15, -0.1) is 0 Å². The van der Waals surface area contributed by atoms with E-state index in [-0.39, 0.29) is 5.60 Å². The van der Waals surface area contributed by atoms with Gasteiger partial charge < -0.3 is 9.84 Å². The number of rotatable bonds is 2. The molecular formula is C8H14O2. The minimum atomic E-state index is -0.346. The van der Waals surface area contributed by atoms with Crippen LogP contribution in [0, 0.1) is 0 Å². The van der Waals surface area contributed by atoms with Crippen LogP contribution in [0.15, 0.2) is 0 Å². The Bertz CT molecular complexity index is 123. The lowest BCUT2D eigenvalue weighted by atomic mass is 9.96. The molecule has 2 heteroatoms. The number of hydrogen-bond donors (Lipinski definition) is 1. The van der Waals surface area contributed by atoms with Gasteiger partial charge in [0, 0.05) is 6.42 Å². The van der Waals surface area contributed by atoms with E-state index < -0.39 is 0 Å². The van der Waals surface area contributed by atoms with Gasteiger partial charge in [-0.2, -0.15) is 0 Å². The molecule has 2 aliphatic rings. The van der Waals surface area contributed by atoms with Gasteiger partial charge in [0.25, 0.3) is 0 Å². The van der Waals surface area contributed by atoms with Crippen LogP contribution in [-0.2, 0) is 4.74 Å². The lowest BCUT2D eigenvalue weighted by molar-refractivity contribution is 0.0314. The summed E-state index contributed by atoms with van der Waals surface area (Å²) in [6.45, 7) is 0.877. The maximum Gasteiger partial charge on any atom is 0.0837 e. The van der Waals surface area contributed by atoms with E-state index in [1.54, 1.807) is 0 Å². The van der Waals surface area contributed by atoms with Crippen LogP contribution in [0.5, 0.6) is 0 Å². The third-order valence-corrected chi connectivity index (χ3v) is 2.54. The van der Waals surface area contributed by atoms with Gasteiger partial charge >= 0.3 is 0 Å². The van der Waals surface area contributed by atoms with E-state index in [9.17, 15) is 5.11 Å². The lowest BCUT2D eigenvalue weighted by Crippen LogP contribution is -2.25. The molecule has 1 aliphatic carbocycles. The Hall–Kier alpha value is -0.0800. The molecule has 1 saturated carbocycles. The third-order valence-electron chi connectivity index (χ3n) is 2.54. The molecule has 1 saturated heterocycles. The van der Waals surface area contributed by atoms with Gasteiger partial charge in [-0.1, -0.05) is 12.8 Å². The molecule has 0 bridgehead atoms. The second-order valence-electron chi connectivity index (χ2n) is 3.59. The zero-order valence-corrected chi connectivity index (χ0v) is 6.18. The smallest absolute Gasteiger partial charge is 0.0837 e. The maximum absolute atomic E-state index is 9.82. The van der Waals surface area contributed by atoms with Gasteiger partial charge in [-0.3, -0.25) is 0 Å². The zero-order chi connectivity index (χ0) is 7.03. The summed E-state index contributed by atoms with van der Waals surface area (Å²) in [4.78, 5) is 0. The quantitative estimate of drug-likeness (QED) is 0.585. The summed E-state index contributed by atoms with van der Waals surface area (Å²) in [5.74, 6) is 0. The molecule has 0 spiro atoms. The number of hydrogen-bond acceptors (Lipinski definition) is 2. The Morgan fingerprint density at radius 1 is 1.40 bits per heavy atom. The Morgan fingerprint density at radius 3 is 2.50 bits per heavy atom. The molecule has 0 aromatic heterocycles. The van der Waals surface area contributed by atoms with Crippen molar-refractivity contribution >= 4 is 0 Å². The first kappa shape index (κ1) is 6.62. The minimum Gasteiger partial charge on any atom is -0.390 e. The molecule has 0 aromatic rings. The van der Waals surface area contributed by atoms with E-state index in [4.69, 9.17) is 4.74 Å². The summed E-state index contributed by atoms with van der Waals surface area (Å²) < 4.78 is 5.08. The number of epoxide rings is 1. The van der Waals surface area contributed by atoms with Crippen LogP contribution in [0.1, 0.15) is 32.1 Å². The van der Waals surface area contributed by atoms with E-state index in [0.29, 0.717) is 6.10 Å². The van der Waals surface area contributed by atoms with Crippen LogP contribution >= 0.6 is 0 Å². The summed E-state index contributed by atoms with van der Waals surface area (Å²) in [5.41, 5.74) is -0.346. The van der Waals surface area contributed by atoms with Crippen LogP contribution in [0.25, 0.3) is 0 Å². The van der Waals surface area contributed by atoms with Crippen molar-refractivity contribution < 1.29 is 9.84 Å². The monoisotopic (exact) mass is 142 g/mol. The molecule has 0 aromatic carbocycles. The predicted octanol–water partition coefficient (Wildman–Crippen LogP) is 1.08. The Morgan fingerprint density at radius 2 is 2.00 bits per heavy atom. The summed E-state index contributed by atoms with van der Waals surface area (Å²) in [6, 6.07) is 0. The molecule has 0 amide bonds. The SMILES string of the molecule is OC1(CC2CO2)CCCC1. The van der Waals surface area contributed by atoms with Crippen LogP contribution in [-0.4, -0.2) is 23.4 Å². The molecule has 2 rings (SSSR count). The van der Waals surface area contributed by atoms with Gasteiger partial charge in [0.1, 0.15) is 0 Å². The van der Waals surface area contributed by atoms with E-state index in [1.807, 2.05) is 0 Å². The number of ether oxygens (including phenoxy) is 1. The molecular weight excluding hydrogens is 128 g/mol. The van der Waals surface area contributed by atoms with Crippen molar-refractivity contribution in [2.75, 3.05) is 6.61 Å². The van der Waals surface area contributed by atoms with E-state index in [0.717, 1.165) is 25.9 Å². The highest BCUT2D eigenvalue weighted by atomic mass is 16.6.